The van der Waals surface area contributed by atoms with E-state index in [9.17, 15) is 9.90 Å². The van der Waals surface area contributed by atoms with E-state index in [0.717, 1.165) is 17.8 Å². The van der Waals surface area contributed by atoms with Crippen LogP contribution in [0.15, 0.2) is 0 Å². The van der Waals surface area contributed by atoms with Gasteiger partial charge >= 0.3 is 5.97 Å². The molecule has 5 rings (SSSR count). The average molecular weight is 263 g/mol. The predicted octanol–water partition coefficient (Wildman–Crippen LogP) is 2.89. The first-order chi connectivity index (χ1) is 9.14. The van der Waals surface area contributed by atoms with Gasteiger partial charge in [-0.1, -0.05) is 6.42 Å². The number of hydrogen-bond donors (Lipinski definition) is 1. The Morgan fingerprint density at radius 2 is 1.58 bits per heavy atom. The second kappa shape index (κ2) is 4.21. The van der Waals surface area contributed by atoms with Crippen LogP contribution in [0.1, 0.15) is 57.8 Å². The van der Waals surface area contributed by atoms with Crippen LogP contribution in [0.2, 0.25) is 0 Å². The molecule has 0 amide bonds. The quantitative estimate of drug-likeness (QED) is 0.848. The summed E-state index contributed by atoms with van der Waals surface area (Å²) in [5.74, 6) is 2.09. The van der Waals surface area contributed by atoms with E-state index in [1.807, 2.05) is 0 Å². The zero-order chi connectivity index (χ0) is 13.0. The van der Waals surface area contributed by atoms with E-state index in [1.165, 1.54) is 57.8 Å². The van der Waals surface area contributed by atoms with Crippen LogP contribution in [0.4, 0.5) is 0 Å². The normalized spacial score (nSPS) is 44.6. The summed E-state index contributed by atoms with van der Waals surface area (Å²) in [5, 5.41) is 9.31. The summed E-state index contributed by atoms with van der Waals surface area (Å²) in [5.41, 5.74) is 0.276. The lowest BCUT2D eigenvalue weighted by Crippen LogP contribution is -2.64. The lowest BCUT2D eigenvalue weighted by Gasteiger charge is -2.62. The largest absolute Gasteiger partial charge is 0.480 e. The highest BCUT2D eigenvalue weighted by Gasteiger charge is 2.55. The number of carboxylic acid groups (broad SMARTS) is 1. The Kier molecular flexibility index (Phi) is 2.70. The lowest BCUT2D eigenvalue weighted by molar-refractivity contribution is -0.152. The van der Waals surface area contributed by atoms with E-state index in [1.54, 1.807) is 0 Å². The number of nitrogens with zero attached hydrogens (tertiary/aromatic N) is 1. The second-order valence-electron chi connectivity index (χ2n) is 7.75. The Morgan fingerprint density at radius 3 is 1.95 bits per heavy atom. The van der Waals surface area contributed by atoms with Crippen molar-refractivity contribution in [2.24, 2.45) is 17.8 Å². The van der Waals surface area contributed by atoms with Crippen LogP contribution >= 0.6 is 0 Å². The third-order valence-electron chi connectivity index (χ3n) is 6.44. The van der Waals surface area contributed by atoms with Crippen LogP contribution in [-0.2, 0) is 4.79 Å². The number of hydrogen-bond acceptors (Lipinski definition) is 2. The van der Waals surface area contributed by atoms with Gasteiger partial charge in [0.1, 0.15) is 0 Å². The van der Waals surface area contributed by atoms with Crippen molar-refractivity contribution in [3.8, 4) is 0 Å². The Morgan fingerprint density at radius 1 is 1.05 bits per heavy atom. The van der Waals surface area contributed by atoms with Gasteiger partial charge in [-0.2, -0.15) is 0 Å². The van der Waals surface area contributed by atoms with Crippen LogP contribution in [0.5, 0.6) is 0 Å². The Balaban J connectivity index is 1.62. The van der Waals surface area contributed by atoms with Crippen LogP contribution in [0.25, 0.3) is 0 Å². The van der Waals surface area contributed by atoms with Gasteiger partial charge in [0.25, 0.3) is 0 Å². The monoisotopic (exact) mass is 263 g/mol. The Bertz CT molecular complexity index is 353. The first-order valence-corrected chi connectivity index (χ1v) is 8.13. The highest BCUT2D eigenvalue weighted by atomic mass is 16.4. The fourth-order valence-corrected chi connectivity index (χ4v) is 5.94. The molecule has 0 radical (unpaired) electrons. The fourth-order valence-electron chi connectivity index (χ4n) is 5.94. The number of aliphatic carboxylic acids is 1. The molecule has 0 aromatic heterocycles. The number of rotatable bonds is 4. The van der Waals surface area contributed by atoms with Gasteiger partial charge in [-0.25, -0.2) is 0 Å². The van der Waals surface area contributed by atoms with Crippen LogP contribution in [-0.4, -0.2) is 34.1 Å². The van der Waals surface area contributed by atoms with Gasteiger partial charge in [0.2, 0.25) is 0 Å². The molecule has 0 atom stereocenters. The summed E-state index contributed by atoms with van der Waals surface area (Å²) in [6.45, 7) is 0.289. The van der Waals surface area contributed by atoms with Gasteiger partial charge in [-0.15, -0.1) is 0 Å². The topological polar surface area (TPSA) is 40.5 Å². The van der Waals surface area contributed by atoms with Gasteiger partial charge in [-0.05, 0) is 69.1 Å². The molecule has 0 aromatic carbocycles. The SMILES string of the molecule is O=C(O)CN(C1CCC1)C12CC3CC(CC(C3)C1)C2. The average Bonchev–Trinajstić information content (AvgIpc) is 2.23. The summed E-state index contributed by atoms with van der Waals surface area (Å²) in [7, 11) is 0. The molecule has 106 valence electrons. The van der Waals surface area contributed by atoms with Crippen molar-refractivity contribution < 1.29 is 9.90 Å². The smallest absolute Gasteiger partial charge is 0.317 e. The maximum absolute atomic E-state index is 11.3. The summed E-state index contributed by atoms with van der Waals surface area (Å²) in [6, 6.07) is 0.576. The molecule has 5 aliphatic carbocycles. The van der Waals surface area contributed by atoms with E-state index in [2.05, 4.69) is 4.90 Å². The van der Waals surface area contributed by atoms with Crippen molar-refractivity contribution >= 4 is 5.97 Å². The molecule has 5 fully saturated rings. The summed E-state index contributed by atoms with van der Waals surface area (Å²) < 4.78 is 0. The van der Waals surface area contributed by atoms with Crippen molar-refractivity contribution in [2.45, 2.75) is 69.4 Å². The van der Waals surface area contributed by atoms with Crippen LogP contribution in [0.3, 0.4) is 0 Å². The molecule has 0 spiro atoms. The van der Waals surface area contributed by atoms with Crippen molar-refractivity contribution in [1.82, 2.24) is 4.90 Å². The predicted molar refractivity (Wildman–Crippen MR) is 72.9 cm³/mol. The molecule has 3 nitrogen and oxygen atoms in total. The van der Waals surface area contributed by atoms with E-state index in [4.69, 9.17) is 0 Å². The van der Waals surface area contributed by atoms with Crippen molar-refractivity contribution in [3.63, 3.8) is 0 Å². The molecule has 3 heteroatoms. The maximum atomic E-state index is 11.3. The van der Waals surface area contributed by atoms with Gasteiger partial charge < -0.3 is 5.11 Å². The van der Waals surface area contributed by atoms with E-state index < -0.39 is 5.97 Å². The standard InChI is InChI=1S/C16H25NO2/c18-15(19)10-17(14-2-1-3-14)16-7-11-4-12(8-16)6-13(5-11)9-16/h11-14H,1-10H2,(H,18,19). The minimum absolute atomic E-state index is 0.276. The zero-order valence-corrected chi connectivity index (χ0v) is 11.7. The molecule has 19 heavy (non-hydrogen) atoms. The lowest BCUT2D eigenvalue weighted by atomic mass is 9.52. The molecule has 0 unspecified atom stereocenters. The minimum Gasteiger partial charge on any atom is -0.480 e. The third-order valence-corrected chi connectivity index (χ3v) is 6.44. The Hall–Kier alpha value is -0.570. The maximum Gasteiger partial charge on any atom is 0.317 e. The van der Waals surface area contributed by atoms with Gasteiger partial charge in [0, 0.05) is 11.6 Å². The highest BCUT2D eigenvalue weighted by molar-refractivity contribution is 5.69. The summed E-state index contributed by atoms with van der Waals surface area (Å²) in [6.07, 6.45) is 12.0. The fraction of sp³-hybridized carbons (Fsp3) is 0.938. The minimum atomic E-state index is -0.623. The molecule has 0 saturated heterocycles. The van der Waals surface area contributed by atoms with Gasteiger partial charge in [-0.3, -0.25) is 9.69 Å². The summed E-state index contributed by atoms with van der Waals surface area (Å²) >= 11 is 0. The molecule has 5 saturated carbocycles. The third kappa shape index (κ3) is 1.93. The number of carbonyl (C=O) groups is 1. The van der Waals surface area contributed by atoms with Gasteiger partial charge in [0.05, 0.1) is 6.54 Å². The molecule has 4 bridgehead atoms. The first kappa shape index (κ1) is 12.2. The molecular formula is C16H25NO2. The molecule has 0 heterocycles. The zero-order valence-electron chi connectivity index (χ0n) is 11.7. The van der Waals surface area contributed by atoms with E-state index in [-0.39, 0.29) is 12.1 Å². The first-order valence-electron chi connectivity index (χ1n) is 8.13. The Labute approximate surface area is 115 Å². The van der Waals surface area contributed by atoms with Crippen LogP contribution < -0.4 is 0 Å². The van der Waals surface area contributed by atoms with Gasteiger partial charge in [0.15, 0.2) is 0 Å². The van der Waals surface area contributed by atoms with Crippen LogP contribution in [0, 0.1) is 17.8 Å². The molecule has 0 aliphatic heterocycles. The molecule has 1 N–H and O–H groups in total. The molecule has 5 aliphatic rings. The second-order valence-corrected chi connectivity index (χ2v) is 7.75. The van der Waals surface area contributed by atoms with E-state index >= 15 is 0 Å². The van der Waals surface area contributed by atoms with Crippen molar-refractivity contribution in [1.29, 1.82) is 0 Å². The van der Waals surface area contributed by atoms with E-state index in [0.29, 0.717) is 6.04 Å². The highest BCUT2D eigenvalue weighted by Crippen LogP contribution is 2.58. The molecule has 0 aromatic rings. The van der Waals surface area contributed by atoms with Crippen molar-refractivity contribution in [3.05, 3.63) is 0 Å². The summed E-state index contributed by atoms with van der Waals surface area (Å²) in [4.78, 5) is 13.8. The number of carboxylic acids is 1. The van der Waals surface area contributed by atoms with Crippen molar-refractivity contribution in [2.75, 3.05) is 6.54 Å². The molecular weight excluding hydrogens is 238 g/mol.